The number of aromatic nitrogens is 1. The summed E-state index contributed by atoms with van der Waals surface area (Å²) in [5.41, 5.74) is 2.15. The maximum absolute atomic E-state index is 11.0. The summed E-state index contributed by atoms with van der Waals surface area (Å²) in [6, 6.07) is 2.69. The van der Waals surface area contributed by atoms with Crippen LogP contribution in [0.3, 0.4) is 0 Å². The Hall–Kier alpha value is -2.15. The lowest BCUT2D eigenvalue weighted by Crippen LogP contribution is -2.30. The fraction of sp³-hybridized carbons (Fsp3) is 0. The molecule has 0 bridgehead atoms. The van der Waals surface area contributed by atoms with E-state index < -0.39 is 12.0 Å². The van der Waals surface area contributed by atoms with E-state index in [1.807, 2.05) is 10.7 Å². The van der Waals surface area contributed by atoms with Gasteiger partial charge < -0.3 is 5.11 Å². The molecular formula is C7H8N4O3. The Labute approximate surface area is 78.9 Å². The molecule has 0 radical (unpaired) electrons. The van der Waals surface area contributed by atoms with E-state index in [9.17, 15) is 9.59 Å². The number of amides is 2. The number of nitrogens with zero attached hydrogens (tertiary/aromatic N) is 1. The molecule has 5 N–H and O–H groups in total. The van der Waals surface area contributed by atoms with Crippen LogP contribution in [0.15, 0.2) is 18.3 Å². The molecule has 0 spiro atoms. The maximum atomic E-state index is 11.0. The Morgan fingerprint density at radius 3 is 2.79 bits per heavy atom. The van der Waals surface area contributed by atoms with Crippen LogP contribution in [0.25, 0.3) is 0 Å². The van der Waals surface area contributed by atoms with E-state index in [0.717, 1.165) is 0 Å². The van der Waals surface area contributed by atoms with Crippen molar-refractivity contribution in [3.63, 3.8) is 0 Å². The van der Waals surface area contributed by atoms with Gasteiger partial charge in [-0.15, -0.1) is 0 Å². The van der Waals surface area contributed by atoms with Gasteiger partial charge >= 0.3 is 6.09 Å². The molecule has 0 fully saturated rings. The highest BCUT2D eigenvalue weighted by atomic mass is 16.4. The summed E-state index contributed by atoms with van der Waals surface area (Å²) in [5, 5.41) is 10.4. The maximum Gasteiger partial charge on any atom is 0.410 e. The molecule has 0 unspecified atom stereocenters. The third-order valence-corrected chi connectivity index (χ3v) is 1.39. The average Bonchev–Trinajstić information content (AvgIpc) is 2.16. The molecule has 0 atom stereocenters. The van der Waals surface area contributed by atoms with E-state index >= 15 is 0 Å². The molecule has 1 aromatic heterocycles. The van der Waals surface area contributed by atoms with E-state index in [1.165, 1.54) is 18.3 Å². The first-order valence-corrected chi connectivity index (χ1v) is 3.60. The van der Waals surface area contributed by atoms with Crippen LogP contribution in [-0.4, -0.2) is 22.1 Å². The van der Waals surface area contributed by atoms with Gasteiger partial charge in [0.2, 0.25) is 0 Å². The molecule has 0 aliphatic heterocycles. The summed E-state index contributed by atoms with van der Waals surface area (Å²) in [5.74, 6) is 4.45. The van der Waals surface area contributed by atoms with Crippen molar-refractivity contribution in [2.24, 2.45) is 5.84 Å². The van der Waals surface area contributed by atoms with Gasteiger partial charge in [0.1, 0.15) is 5.82 Å². The summed E-state index contributed by atoms with van der Waals surface area (Å²) in [6.45, 7) is 0. The second kappa shape index (κ2) is 4.19. The van der Waals surface area contributed by atoms with Crippen LogP contribution in [0.1, 0.15) is 10.4 Å². The Bertz CT molecular complexity index is 366. The van der Waals surface area contributed by atoms with Crippen LogP contribution in [-0.2, 0) is 0 Å². The van der Waals surface area contributed by atoms with Gasteiger partial charge in [0.15, 0.2) is 0 Å². The Morgan fingerprint density at radius 2 is 2.21 bits per heavy atom. The van der Waals surface area contributed by atoms with Gasteiger partial charge in [-0.05, 0) is 12.1 Å². The van der Waals surface area contributed by atoms with Gasteiger partial charge in [-0.2, -0.15) is 0 Å². The quantitative estimate of drug-likeness (QED) is 0.296. The smallest absolute Gasteiger partial charge is 0.410 e. The fourth-order valence-corrected chi connectivity index (χ4v) is 0.833. The zero-order valence-electron chi connectivity index (χ0n) is 7.02. The number of nitrogens with one attached hydrogen (secondary N) is 2. The molecule has 14 heavy (non-hydrogen) atoms. The molecule has 1 heterocycles. The molecule has 0 aromatic carbocycles. The number of carbonyl (C=O) groups excluding carboxylic acids is 1. The molecule has 74 valence electrons. The van der Waals surface area contributed by atoms with Crippen molar-refractivity contribution in [2.45, 2.75) is 0 Å². The molecule has 2 amide bonds. The molecule has 0 saturated carbocycles. The Kier molecular flexibility index (Phi) is 2.97. The van der Waals surface area contributed by atoms with Gasteiger partial charge in [-0.3, -0.25) is 15.5 Å². The first-order valence-electron chi connectivity index (χ1n) is 3.60. The predicted octanol–water partition coefficient (Wildman–Crippen LogP) is -0.225. The highest BCUT2D eigenvalue weighted by Crippen LogP contribution is 2.05. The molecule has 7 nitrogen and oxygen atoms in total. The third kappa shape index (κ3) is 2.42. The molecule has 1 aromatic rings. The van der Waals surface area contributed by atoms with Crippen molar-refractivity contribution in [2.75, 3.05) is 5.32 Å². The van der Waals surface area contributed by atoms with Crippen molar-refractivity contribution in [3.8, 4) is 0 Å². The van der Waals surface area contributed by atoms with Crippen molar-refractivity contribution in [3.05, 3.63) is 23.9 Å². The molecule has 1 rings (SSSR count). The summed E-state index contributed by atoms with van der Waals surface area (Å²) in [4.78, 5) is 24.9. The van der Waals surface area contributed by atoms with E-state index in [0.29, 0.717) is 0 Å². The lowest BCUT2D eigenvalue weighted by atomic mass is 10.2. The Morgan fingerprint density at radius 1 is 1.50 bits per heavy atom. The highest BCUT2D eigenvalue weighted by molar-refractivity contribution is 5.95. The van der Waals surface area contributed by atoms with Crippen molar-refractivity contribution in [1.29, 1.82) is 0 Å². The topological polar surface area (TPSA) is 117 Å². The number of nitrogens with two attached hydrogens (primary N) is 1. The van der Waals surface area contributed by atoms with E-state index in [1.54, 1.807) is 0 Å². The van der Waals surface area contributed by atoms with Crippen LogP contribution >= 0.6 is 0 Å². The standard InChI is InChI=1S/C7H8N4O3/c8-11-6(12)4-1-2-9-5(3-4)10-7(13)14/h1-3H,8H2,(H,9,10)(H,11,12)(H,13,14). The van der Waals surface area contributed by atoms with Crippen molar-refractivity contribution >= 4 is 17.8 Å². The van der Waals surface area contributed by atoms with Crippen LogP contribution in [0.4, 0.5) is 10.6 Å². The lowest BCUT2D eigenvalue weighted by molar-refractivity contribution is 0.0953. The second-order valence-electron chi connectivity index (χ2n) is 2.33. The highest BCUT2D eigenvalue weighted by Gasteiger charge is 2.05. The number of rotatable bonds is 2. The number of hydrazine groups is 1. The molecular weight excluding hydrogens is 188 g/mol. The van der Waals surface area contributed by atoms with Crippen LogP contribution in [0.2, 0.25) is 0 Å². The minimum Gasteiger partial charge on any atom is -0.465 e. The summed E-state index contributed by atoms with van der Waals surface area (Å²) in [7, 11) is 0. The number of carboxylic acid groups (broad SMARTS) is 1. The average molecular weight is 196 g/mol. The van der Waals surface area contributed by atoms with Crippen molar-refractivity contribution in [1.82, 2.24) is 10.4 Å². The number of pyridine rings is 1. The van der Waals surface area contributed by atoms with Crippen LogP contribution < -0.4 is 16.6 Å². The number of carbonyl (C=O) groups is 2. The van der Waals surface area contributed by atoms with Crippen LogP contribution in [0.5, 0.6) is 0 Å². The number of hydrogen-bond donors (Lipinski definition) is 4. The van der Waals surface area contributed by atoms with Gasteiger partial charge in [-0.25, -0.2) is 15.6 Å². The predicted molar refractivity (Wildman–Crippen MR) is 47.5 cm³/mol. The number of anilines is 1. The first kappa shape index (κ1) is 9.93. The summed E-state index contributed by atoms with van der Waals surface area (Å²) >= 11 is 0. The van der Waals surface area contributed by atoms with Gasteiger partial charge in [0.05, 0.1) is 0 Å². The molecule has 0 saturated heterocycles. The second-order valence-corrected chi connectivity index (χ2v) is 2.33. The third-order valence-electron chi connectivity index (χ3n) is 1.39. The van der Waals surface area contributed by atoms with E-state index in [2.05, 4.69) is 4.98 Å². The van der Waals surface area contributed by atoms with E-state index in [4.69, 9.17) is 10.9 Å². The van der Waals surface area contributed by atoms with Gasteiger partial charge in [0.25, 0.3) is 5.91 Å². The van der Waals surface area contributed by atoms with Crippen LogP contribution in [0, 0.1) is 0 Å². The van der Waals surface area contributed by atoms with E-state index in [-0.39, 0.29) is 11.4 Å². The minimum atomic E-state index is -1.25. The summed E-state index contributed by atoms with van der Waals surface area (Å²) < 4.78 is 0. The minimum absolute atomic E-state index is 0.0681. The number of nitrogen functional groups attached to an aromatic ring is 1. The Balaban J connectivity index is 2.89. The zero-order chi connectivity index (χ0) is 10.6. The monoisotopic (exact) mass is 196 g/mol. The largest absolute Gasteiger partial charge is 0.465 e. The lowest BCUT2D eigenvalue weighted by Gasteiger charge is -2.02. The van der Waals surface area contributed by atoms with Gasteiger partial charge in [0, 0.05) is 11.8 Å². The van der Waals surface area contributed by atoms with Crippen molar-refractivity contribution < 1.29 is 14.7 Å². The zero-order valence-corrected chi connectivity index (χ0v) is 7.02. The fourth-order valence-electron chi connectivity index (χ4n) is 0.833. The normalized spacial score (nSPS) is 9.21. The first-order chi connectivity index (χ1) is 6.63. The molecule has 7 heteroatoms. The molecule has 0 aliphatic rings. The number of hydrogen-bond acceptors (Lipinski definition) is 4. The molecule has 0 aliphatic carbocycles. The summed E-state index contributed by atoms with van der Waals surface area (Å²) in [6.07, 6.45) is 0.0540. The van der Waals surface area contributed by atoms with Gasteiger partial charge in [-0.1, -0.05) is 0 Å². The SMILES string of the molecule is NNC(=O)c1ccnc(NC(=O)O)c1.